The van der Waals surface area contributed by atoms with Gasteiger partial charge in [-0.1, -0.05) is 18.2 Å². The quantitative estimate of drug-likeness (QED) is 0.473. The van der Waals surface area contributed by atoms with Crippen LogP contribution in [0.4, 0.5) is 0 Å². The Balaban J connectivity index is 1.82. The third-order valence-corrected chi connectivity index (χ3v) is 4.78. The summed E-state index contributed by atoms with van der Waals surface area (Å²) < 4.78 is 16.8. The molecule has 0 saturated carbocycles. The molecule has 2 aromatic carbocycles. The number of aromatic nitrogens is 1. The number of ether oxygens (including phenoxy) is 3. The van der Waals surface area contributed by atoms with E-state index in [1.54, 1.807) is 18.2 Å². The van der Waals surface area contributed by atoms with E-state index in [-0.39, 0.29) is 17.6 Å². The number of amides is 1. The molecular formula is C23H21N3O5. The predicted molar refractivity (Wildman–Crippen MR) is 114 cm³/mol. The summed E-state index contributed by atoms with van der Waals surface area (Å²) in [5, 5.41) is 6.52. The van der Waals surface area contributed by atoms with E-state index >= 15 is 0 Å². The fourth-order valence-electron chi connectivity index (χ4n) is 3.46. The van der Waals surface area contributed by atoms with Crippen LogP contribution in [-0.4, -0.2) is 34.9 Å². The zero-order chi connectivity index (χ0) is 22.1. The van der Waals surface area contributed by atoms with Crippen LogP contribution in [0.25, 0.3) is 10.9 Å². The molecule has 2 heterocycles. The largest absolute Gasteiger partial charge is 0.497 e. The minimum absolute atomic E-state index is 0.261. The molecule has 3 aromatic rings. The van der Waals surface area contributed by atoms with Crippen LogP contribution in [0.3, 0.4) is 0 Å². The zero-order valence-corrected chi connectivity index (χ0v) is 17.6. The van der Waals surface area contributed by atoms with Gasteiger partial charge in [0.25, 0.3) is 0 Å². The summed E-state index contributed by atoms with van der Waals surface area (Å²) >= 11 is 0. The van der Waals surface area contributed by atoms with Crippen molar-refractivity contribution < 1.29 is 23.8 Å². The summed E-state index contributed by atoms with van der Waals surface area (Å²) in [7, 11) is 1.52. The maximum Gasteiger partial charge on any atom is 0.308 e. The van der Waals surface area contributed by atoms with Crippen LogP contribution in [-0.2, 0) is 14.3 Å². The van der Waals surface area contributed by atoms with Gasteiger partial charge in [-0.25, -0.2) is 0 Å². The monoisotopic (exact) mass is 419 g/mol. The van der Waals surface area contributed by atoms with Gasteiger partial charge in [-0.05, 0) is 37.3 Å². The molecule has 1 aliphatic heterocycles. The number of hydrogen-bond acceptors (Lipinski definition) is 7. The number of para-hydroxylation sites is 1. The van der Waals surface area contributed by atoms with Crippen molar-refractivity contribution in [3.63, 3.8) is 0 Å². The lowest BCUT2D eigenvalue weighted by atomic mass is 10.1. The van der Waals surface area contributed by atoms with E-state index in [1.165, 1.54) is 26.0 Å². The van der Waals surface area contributed by atoms with Crippen LogP contribution < -0.4 is 9.47 Å². The van der Waals surface area contributed by atoms with E-state index in [0.717, 1.165) is 16.6 Å². The van der Waals surface area contributed by atoms with Gasteiger partial charge in [-0.3, -0.25) is 14.6 Å². The maximum atomic E-state index is 12.4. The zero-order valence-electron chi connectivity index (χ0n) is 17.6. The molecule has 1 amide bonds. The van der Waals surface area contributed by atoms with Crippen molar-refractivity contribution in [3.8, 4) is 11.5 Å². The van der Waals surface area contributed by atoms with Crippen molar-refractivity contribution in [1.29, 1.82) is 0 Å². The number of methoxy groups -OCH3 is 1. The third kappa shape index (κ3) is 3.92. The van der Waals surface area contributed by atoms with Crippen LogP contribution in [0.15, 0.2) is 53.6 Å². The SMILES string of the molecule is COc1ccc(OC(C)=O)c([C@H]2OC(c3cc(C)nc4ccccc34)=NN2C(C)=O)c1. The number of hydrazone groups is 1. The molecule has 0 unspecified atom stereocenters. The standard InChI is InChI=1S/C23H21N3O5/c1-13-11-18(17-7-5-6-8-20(17)24-13)22-25-26(14(2)27)23(31-22)19-12-16(29-4)9-10-21(19)30-15(3)28/h5-12,23H,1-4H3/t23-/m1/s1. The summed E-state index contributed by atoms with van der Waals surface area (Å²) in [4.78, 5) is 28.6. The second-order valence-electron chi connectivity index (χ2n) is 7.06. The highest BCUT2D eigenvalue weighted by molar-refractivity contribution is 6.07. The van der Waals surface area contributed by atoms with Gasteiger partial charge >= 0.3 is 5.97 Å². The summed E-state index contributed by atoms with van der Waals surface area (Å²) in [6.07, 6.45) is -0.927. The smallest absolute Gasteiger partial charge is 0.308 e. The molecule has 8 heteroatoms. The van der Waals surface area contributed by atoms with Crippen LogP contribution >= 0.6 is 0 Å². The maximum absolute atomic E-state index is 12.4. The molecule has 0 radical (unpaired) electrons. The number of nitrogens with zero attached hydrogens (tertiary/aromatic N) is 3. The first-order chi connectivity index (χ1) is 14.9. The molecule has 1 atom stereocenters. The van der Waals surface area contributed by atoms with E-state index in [2.05, 4.69) is 10.1 Å². The average Bonchev–Trinajstić information content (AvgIpc) is 3.18. The number of hydrogen-bond donors (Lipinski definition) is 0. The molecule has 0 fully saturated rings. The molecular weight excluding hydrogens is 398 g/mol. The molecule has 0 spiro atoms. The number of pyridine rings is 1. The van der Waals surface area contributed by atoms with Gasteiger partial charge in [0.05, 0.1) is 18.2 Å². The number of carbonyl (C=O) groups excluding carboxylic acids is 2. The lowest BCUT2D eigenvalue weighted by Crippen LogP contribution is -2.26. The molecule has 0 saturated heterocycles. The van der Waals surface area contributed by atoms with E-state index in [1.807, 2.05) is 37.3 Å². The van der Waals surface area contributed by atoms with Gasteiger partial charge in [0.1, 0.15) is 11.5 Å². The fourth-order valence-corrected chi connectivity index (χ4v) is 3.46. The molecule has 1 aliphatic rings. The van der Waals surface area contributed by atoms with Crippen molar-refractivity contribution in [1.82, 2.24) is 9.99 Å². The van der Waals surface area contributed by atoms with Gasteiger partial charge in [0.15, 0.2) is 0 Å². The molecule has 8 nitrogen and oxygen atoms in total. The van der Waals surface area contributed by atoms with E-state index < -0.39 is 12.2 Å². The molecule has 0 N–H and O–H groups in total. The molecule has 0 bridgehead atoms. The average molecular weight is 419 g/mol. The number of esters is 1. The first kappa shape index (κ1) is 20.3. The van der Waals surface area contributed by atoms with Gasteiger partial charge in [0, 0.05) is 30.5 Å². The van der Waals surface area contributed by atoms with Crippen molar-refractivity contribution in [2.75, 3.05) is 7.11 Å². The van der Waals surface area contributed by atoms with E-state index in [0.29, 0.717) is 16.9 Å². The molecule has 1 aromatic heterocycles. The molecule has 158 valence electrons. The molecule has 4 rings (SSSR count). The summed E-state index contributed by atoms with van der Waals surface area (Å²) in [6, 6.07) is 14.4. The lowest BCUT2D eigenvalue weighted by molar-refractivity contribution is -0.135. The van der Waals surface area contributed by atoms with E-state index in [4.69, 9.17) is 14.2 Å². The number of fused-ring (bicyclic) bond motifs is 1. The van der Waals surface area contributed by atoms with Crippen LogP contribution in [0, 0.1) is 6.92 Å². The Labute approximate surface area is 179 Å². The summed E-state index contributed by atoms with van der Waals surface area (Å²) in [6.45, 7) is 4.58. The van der Waals surface area contributed by atoms with Gasteiger partial charge in [0.2, 0.25) is 18.0 Å². The van der Waals surface area contributed by atoms with Gasteiger partial charge < -0.3 is 14.2 Å². The Morgan fingerprint density at radius 2 is 1.87 bits per heavy atom. The number of rotatable bonds is 4. The lowest BCUT2D eigenvalue weighted by Gasteiger charge is -2.22. The van der Waals surface area contributed by atoms with Crippen LogP contribution in [0.5, 0.6) is 11.5 Å². The van der Waals surface area contributed by atoms with Gasteiger partial charge in [-0.15, -0.1) is 5.10 Å². The Bertz CT molecular complexity index is 1220. The van der Waals surface area contributed by atoms with Crippen molar-refractivity contribution in [2.45, 2.75) is 27.0 Å². The fraction of sp³-hybridized carbons (Fsp3) is 0.217. The number of benzene rings is 2. The summed E-state index contributed by atoms with van der Waals surface area (Å²) in [5.74, 6) is 0.245. The van der Waals surface area contributed by atoms with E-state index in [9.17, 15) is 9.59 Å². The predicted octanol–water partition coefficient (Wildman–Crippen LogP) is 3.72. The van der Waals surface area contributed by atoms with Crippen molar-refractivity contribution in [2.24, 2.45) is 5.10 Å². The topological polar surface area (TPSA) is 90.3 Å². The highest BCUT2D eigenvalue weighted by Gasteiger charge is 2.36. The Morgan fingerprint density at radius 1 is 1.10 bits per heavy atom. The first-order valence-corrected chi connectivity index (χ1v) is 9.65. The second kappa shape index (κ2) is 8.06. The number of aryl methyl sites for hydroxylation is 1. The molecule has 0 aliphatic carbocycles. The first-order valence-electron chi connectivity index (χ1n) is 9.65. The highest BCUT2D eigenvalue weighted by atomic mass is 16.5. The second-order valence-corrected chi connectivity index (χ2v) is 7.06. The minimum Gasteiger partial charge on any atom is -0.497 e. The summed E-state index contributed by atoms with van der Waals surface area (Å²) in [5.41, 5.74) is 2.75. The van der Waals surface area contributed by atoms with Crippen LogP contribution in [0.2, 0.25) is 0 Å². The third-order valence-electron chi connectivity index (χ3n) is 4.78. The molecule has 31 heavy (non-hydrogen) atoms. The van der Waals surface area contributed by atoms with Crippen molar-refractivity contribution in [3.05, 3.63) is 65.4 Å². The Hall–Kier alpha value is -3.94. The number of carbonyl (C=O) groups is 2. The van der Waals surface area contributed by atoms with Gasteiger partial charge in [-0.2, -0.15) is 5.01 Å². The highest BCUT2D eigenvalue weighted by Crippen LogP contribution is 2.38. The minimum atomic E-state index is -0.927. The Morgan fingerprint density at radius 3 is 2.58 bits per heavy atom. The normalized spacial score (nSPS) is 15.4. The van der Waals surface area contributed by atoms with Crippen molar-refractivity contribution >= 4 is 28.7 Å². The van der Waals surface area contributed by atoms with Crippen LogP contribution in [0.1, 0.15) is 36.9 Å². The Kier molecular flexibility index (Phi) is 5.29.